The highest BCUT2D eigenvalue weighted by atomic mass is 16.6. The lowest BCUT2D eigenvalue weighted by molar-refractivity contribution is -0.510. The molecule has 1 aliphatic carbocycles. The van der Waals surface area contributed by atoms with Crippen LogP contribution in [0.1, 0.15) is 40.0 Å². The first-order chi connectivity index (χ1) is 6.32. The van der Waals surface area contributed by atoms with E-state index < -0.39 is 11.0 Å². The van der Waals surface area contributed by atoms with Crippen molar-refractivity contribution in [1.29, 1.82) is 0 Å². The quantitative estimate of drug-likeness (QED) is 0.479. The van der Waals surface area contributed by atoms with E-state index in [-0.39, 0.29) is 11.2 Å². The molecule has 0 radical (unpaired) electrons. The van der Waals surface area contributed by atoms with Crippen LogP contribution in [0.4, 0.5) is 0 Å². The number of ketones is 1. The van der Waals surface area contributed by atoms with Crippen LogP contribution in [0.3, 0.4) is 0 Å². The van der Waals surface area contributed by atoms with Gasteiger partial charge in [0.05, 0.1) is 0 Å². The van der Waals surface area contributed by atoms with Gasteiger partial charge in [-0.1, -0.05) is 20.8 Å². The van der Waals surface area contributed by atoms with E-state index in [9.17, 15) is 14.9 Å². The van der Waals surface area contributed by atoms with Gasteiger partial charge in [0.1, 0.15) is 0 Å². The summed E-state index contributed by atoms with van der Waals surface area (Å²) in [6.45, 7) is 6.24. The molecule has 0 heterocycles. The lowest BCUT2D eigenvalue weighted by Gasteiger charge is -2.33. The molecule has 1 fully saturated rings. The normalized spacial score (nSPS) is 28.9. The Morgan fingerprint density at radius 2 is 1.93 bits per heavy atom. The van der Waals surface area contributed by atoms with Gasteiger partial charge in [0, 0.05) is 17.8 Å². The van der Waals surface area contributed by atoms with Gasteiger partial charge in [0.15, 0.2) is 0 Å². The fourth-order valence-electron chi connectivity index (χ4n) is 1.96. The molecule has 0 aromatic carbocycles. The third-order valence-corrected chi connectivity index (χ3v) is 3.09. The summed E-state index contributed by atoms with van der Waals surface area (Å²) in [5, 5.41) is 10.5. The number of nitro groups is 1. The minimum Gasteiger partial charge on any atom is -0.292 e. The van der Waals surface area contributed by atoms with Crippen LogP contribution in [-0.4, -0.2) is 16.7 Å². The fraction of sp³-hybridized carbons (Fsp3) is 0.900. The topological polar surface area (TPSA) is 60.2 Å². The molecule has 0 aromatic heterocycles. The zero-order chi connectivity index (χ0) is 10.9. The predicted octanol–water partition coefficient (Wildman–Crippen LogP) is 2.05. The highest BCUT2D eigenvalue weighted by Gasteiger charge is 2.40. The predicted molar refractivity (Wildman–Crippen MR) is 52.6 cm³/mol. The van der Waals surface area contributed by atoms with Crippen molar-refractivity contribution in [2.45, 2.75) is 46.1 Å². The number of hydrogen-bond acceptors (Lipinski definition) is 3. The minimum atomic E-state index is -0.936. The first kappa shape index (κ1) is 11.1. The second-order valence-electron chi connectivity index (χ2n) is 5.11. The molecular weight excluding hydrogens is 182 g/mol. The van der Waals surface area contributed by atoms with Crippen molar-refractivity contribution < 1.29 is 9.72 Å². The van der Waals surface area contributed by atoms with E-state index >= 15 is 0 Å². The van der Waals surface area contributed by atoms with Gasteiger partial charge in [-0.15, -0.1) is 0 Å². The van der Waals surface area contributed by atoms with Gasteiger partial charge in [-0.2, -0.15) is 0 Å². The Hall–Kier alpha value is -0.930. The van der Waals surface area contributed by atoms with Gasteiger partial charge in [-0.25, -0.2) is 0 Å². The van der Waals surface area contributed by atoms with Gasteiger partial charge >= 0.3 is 0 Å². The van der Waals surface area contributed by atoms with Crippen LogP contribution in [-0.2, 0) is 4.79 Å². The Balaban J connectivity index is 2.65. The van der Waals surface area contributed by atoms with Gasteiger partial charge in [0.25, 0.3) is 6.04 Å². The molecule has 4 nitrogen and oxygen atoms in total. The molecule has 0 spiro atoms. The smallest absolute Gasteiger partial charge is 0.270 e. The van der Waals surface area contributed by atoms with E-state index in [2.05, 4.69) is 20.8 Å². The van der Waals surface area contributed by atoms with E-state index in [0.29, 0.717) is 18.8 Å². The molecule has 0 amide bonds. The lowest BCUT2D eigenvalue weighted by Crippen LogP contribution is -2.39. The molecule has 4 heteroatoms. The Labute approximate surface area is 83.8 Å². The zero-order valence-electron chi connectivity index (χ0n) is 8.95. The molecular formula is C10H17NO3. The molecule has 80 valence electrons. The highest BCUT2D eigenvalue weighted by Crippen LogP contribution is 2.36. The minimum absolute atomic E-state index is 0.0806. The maximum atomic E-state index is 11.5. The molecule has 0 aliphatic heterocycles. The van der Waals surface area contributed by atoms with E-state index in [0.717, 1.165) is 6.42 Å². The Morgan fingerprint density at radius 1 is 1.36 bits per heavy atom. The molecule has 2 atom stereocenters. The van der Waals surface area contributed by atoms with Crippen LogP contribution in [0.15, 0.2) is 0 Å². The monoisotopic (exact) mass is 199 g/mol. The molecule has 14 heavy (non-hydrogen) atoms. The summed E-state index contributed by atoms with van der Waals surface area (Å²) in [7, 11) is 0. The van der Waals surface area contributed by atoms with Crippen molar-refractivity contribution in [3.8, 4) is 0 Å². The average Bonchev–Trinajstić information content (AvgIpc) is 2.01. The molecule has 0 bridgehead atoms. The van der Waals surface area contributed by atoms with Crippen molar-refractivity contribution in [1.82, 2.24) is 0 Å². The van der Waals surface area contributed by atoms with E-state index in [1.54, 1.807) is 0 Å². The van der Waals surface area contributed by atoms with Crippen molar-refractivity contribution in [3.05, 3.63) is 10.1 Å². The largest absolute Gasteiger partial charge is 0.292 e. The first-order valence-electron chi connectivity index (χ1n) is 4.98. The molecule has 1 saturated carbocycles. The summed E-state index contributed by atoms with van der Waals surface area (Å²) in [4.78, 5) is 21.5. The van der Waals surface area contributed by atoms with Crippen LogP contribution in [0.5, 0.6) is 0 Å². The summed E-state index contributed by atoms with van der Waals surface area (Å²) < 4.78 is 0. The van der Waals surface area contributed by atoms with Crippen molar-refractivity contribution in [2.75, 3.05) is 0 Å². The summed E-state index contributed by atoms with van der Waals surface area (Å²) >= 11 is 0. The number of rotatable bonds is 1. The SMILES string of the molecule is CC(C)(C)[C@H]1CC[C@H]([N+](=O)[O-])C(=O)C1. The number of carbonyl (C=O) groups excluding carboxylic acids is 1. The van der Waals surface area contributed by atoms with Gasteiger partial charge in [0.2, 0.25) is 5.78 Å². The molecule has 0 aromatic rings. The molecule has 1 rings (SSSR count). The third-order valence-electron chi connectivity index (χ3n) is 3.09. The second-order valence-corrected chi connectivity index (χ2v) is 5.11. The van der Waals surface area contributed by atoms with Crippen LogP contribution in [0.25, 0.3) is 0 Å². The zero-order valence-corrected chi connectivity index (χ0v) is 8.95. The van der Waals surface area contributed by atoms with Crippen LogP contribution >= 0.6 is 0 Å². The van der Waals surface area contributed by atoms with E-state index in [4.69, 9.17) is 0 Å². The van der Waals surface area contributed by atoms with Gasteiger partial charge in [-0.05, 0) is 17.8 Å². The second kappa shape index (κ2) is 3.67. The van der Waals surface area contributed by atoms with Crippen LogP contribution in [0, 0.1) is 21.4 Å². The summed E-state index contributed by atoms with van der Waals surface area (Å²) in [5.41, 5.74) is 0.0806. The number of nitrogens with zero attached hydrogens (tertiary/aromatic N) is 1. The van der Waals surface area contributed by atoms with Crippen molar-refractivity contribution >= 4 is 5.78 Å². The van der Waals surface area contributed by atoms with E-state index in [1.165, 1.54) is 0 Å². The Kier molecular flexibility index (Phi) is 2.92. The Bertz CT molecular complexity index is 255. The van der Waals surface area contributed by atoms with E-state index in [1.807, 2.05) is 0 Å². The maximum Gasteiger partial charge on any atom is 0.270 e. The van der Waals surface area contributed by atoms with Crippen LogP contribution in [0.2, 0.25) is 0 Å². The van der Waals surface area contributed by atoms with Crippen molar-refractivity contribution in [2.24, 2.45) is 11.3 Å². The number of carbonyl (C=O) groups is 1. The molecule has 1 aliphatic rings. The molecule has 0 saturated heterocycles. The average molecular weight is 199 g/mol. The van der Waals surface area contributed by atoms with Crippen molar-refractivity contribution in [3.63, 3.8) is 0 Å². The molecule has 0 N–H and O–H groups in total. The van der Waals surface area contributed by atoms with Crippen LogP contribution < -0.4 is 0 Å². The summed E-state index contributed by atoms with van der Waals surface area (Å²) in [6.07, 6.45) is 1.57. The first-order valence-corrected chi connectivity index (χ1v) is 4.98. The van der Waals surface area contributed by atoms with Gasteiger partial charge in [-0.3, -0.25) is 14.9 Å². The fourth-order valence-corrected chi connectivity index (χ4v) is 1.96. The Morgan fingerprint density at radius 3 is 2.29 bits per heavy atom. The summed E-state index contributed by atoms with van der Waals surface area (Å²) in [5.74, 6) is 0.104. The third kappa shape index (κ3) is 2.30. The maximum absolute atomic E-state index is 11.5. The highest BCUT2D eigenvalue weighted by molar-refractivity contribution is 5.83. The number of Topliss-reactive ketones (excluding diaryl/α,β-unsaturated/α-hetero) is 1. The molecule has 0 unspecified atom stereocenters. The summed E-state index contributed by atoms with van der Waals surface area (Å²) in [6, 6.07) is -0.936. The van der Waals surface area contributed by atoms with Gasteiger partial charge < -0.3 is 0 Å². The standard InChI is InChI=1S/C10H17NO3/c1-10(2,3)7-4-5-8(11(13)14)9(12)6-7/h7-8H,4-6H2,1-3H3/t7-,8-/m0/s1. The lowest BCUT2D eigenvalue weighted by atomic mass is 9.71. The number of hydrogen-bond donors (Lipinski definition) is 0.